The first-order chi connectivity index (χ1) is 8.93. The molecular formula is C15H23NO3. The fourth-order valence-corrected chi connectivity index (χ4v) is 1.96. The summed E-state index contributed by atoms with van der Waals surface area (Å²) in [4.78, 5) is 10.7. The molecule has 106 valence electrons. The molecule has 4 heteroatoms. The van der Waals surface area contributed by atoms with Gasteiger partial charge < -0.3 is 15.2 Å². The van der Waals surface area contributed by atoms with Crippen LogP contribution in [0.1, 0.15) is 25.8 Å². The van der Waals surface area contributed by atoms with Crippen LogP contribution in [0.2, 0.25) is 0 Å². The summed E-state index contributed by atoms with van der Waals surface area (Å²) in [5.41, 5.74) is 0.989. The highest BCUT2D eigenvalue weighted by Gasteiger charge is 2.20. The van der Waals surface area contributed by atoms with Gasteiger partial charge in [0, 0.05) is 6.54 Å². The summed E-state index contributed by atoms with van der Waals surface area (Å²) in [6.07, 6.45) is 1.08. The van der Waals surface area contributed by atoms with Gasteiger partial charge in [0.05, 0.1) is 13.5 Å². The average molecular weight is 265 g/mol. The van der Waals surface area contributed by atoms with Crippen LogP contribution in [0.3, 0.4) is 0 Å². The molecule has 0 aliphatic heterocycles. The van der Waals surface area contributed by atoms with E-state index in [9.17, 15) is 4.79 Å². The summed E-state index contributed by atoms with van der Waals surface area (Å²) in [5.74, 6) is 0.114. The van der Waals surface area contributed by atoms with E-state index < -0.39 is 5.97 Å². The highest BCUT2D eigenvalue weighted by molar-refractivity contribution is 5.67. The standard InChI is InChI=1S/C15H23NO3/c1-15(2,10-14(17)18)11-16-8-7-12-5-4-6-13(9-12)19-3/h4-6,9,16H,7-8,10-11H2,1-3H3,(H,17,18). The van der Waals surface area contributed by atoms with Crippen LogP contribution in [-0.4, -0.2) is 31.3 Å². The predicted molar refractivity (Wildman–Crippen MR) is 75.6 cm³/mol. The number of carboxylic acids is 1. The Morgan fingerprint density at radius 1 is 1.42 bits per heavy atom. The van der Waals surface area contributed by atoms with E-state index in [-0.39, 0.29) is 11.8 Å². The molecule has 0 bridgehead atoms. The Morgan fingerprint density at radius 2 is 2.16 bits per heavy atom. The van der Waals surface area contributed by atoms with Gasteiger partial charge >= 0.3 is 5.97 Å². The van der Waals surface area contributed by atoms with Gasteiger partial charge in [0.1, 0.15) is 5.75 Å². The average Bonchev–Trinajstić information content (AvgIpc) is 2.33. The summed E-state index contributed by atoms with van der Waals surface area (Å²) in [6, 6.07) is 7.98. The number of methoxy groups -OCH3 is 1. The van der Waals surface area contributed by atoms with Gasteiger partial charge in [-0.3, -0.25) is 4.79 Å². The number of rotatable bonds is 8. The molecule has 1 aromatic rings. The maximum atomic E-state index is 10.7. The van der Waals surface area contributed by atoms with E-state index in [1.807, 2.05) is 32.0 Å². The first kappa shape index (κ1) is 15.5. The van der Waals surface area contributed by atoms with Gasteiger partial charge in [0.15, 0.2) is 0 Å². The Labute approximate surface area is 114 Å². The zero-order valence-corrected chi connectivity index (χ0v) is 11.9. The number of nitrogens with one attached hydrogen (secondary N) is 1. The van der Waals surface area contributed by atoms with Crippen LogP contribution in [-0.2, 0) is 11.2 Å². The van der Waals surface area contributed by atoms with E-state index in [2.05, 4.69) is 11.4 Å². The molecule has 0 atom stereocenters. The molecule has 19 heavy (non-hydrogen) atoms. The van der Waals surface area contributed by atoms with Crippen molar-refractivity contribution in [2.75, 3.05) is 20.2 Å². The number of carboxylic acid groups (broad SMARTS) is 1. The molecule has 0 saturated carbocycles. The van der Waals surface area contributed by atoms with Gasteiger partial charge in [-0.2, -0.15) is 0 Å². The van der Waals surface area contributed by atoms with Crippen LogP contribution in [0.15, 0.2) is 24.3 Å². The molecule has 0 fully saturated rings. The molecule has 4 nitrogen and oxygen atoms in total. The fraction of sp³-hybridized carbons (Fsp3) is 0.533. The topological polar surface area (TPSA) is 58.6 Å². The lowest BCUT2D eigenvalue weighted by molar-refractivity contribution is -0.139. The highest BCUT2D eigenvalue weighted by Crippen LogP contribution is 2.18. The molecule has 2 N–H and O–H groups in total. The quantitative estimate of drug-likeness (QED) is 0.708. The molecule has 1 rings (SSSR count). The van der Waals surface area contributed by atoms with Crippen molar-refractivity contribution in [3.63, 3.8) is 0 Å². The summed E-state index contributed by atoms with van der Waals surface area (Å²) < 4.78 is 5.17. The third-order valence-corrected chi connectivity index (χ3v) is 2.96. The number of aliphatic carboxylic acids is 1. The molecule has 1 aromatic carbocycles. The van der Waals surface area contributed by atoms with Crippen molar-refractivity contribution in [1.29, 1.82) is 0 Å². The van der Waals surface area contributed by atoms with Crippen molar-refractivity contribution >= 4 is 5.97 Å². The molecule has 0 saturated heterocycles. The summed E-state index contributed by atoms with van der Waals surface area (Å²) in [7, 11) is 1.66. The SMILES string of the molecule is COc1cccc(CCNCC(C)(C)CC(=O)O)c1. The van der Waals surface area contributed by atoms with Gasteiger partial charge in [-0.25, -0.2) is 0 Å². The summed E-state index contributed by atoms with van der Waals surface area (Å²) in [6.45, 7) is 5.44. The number of ether oxygens (including phenoxy) is 1. The van der Waals surface area contributed by atoms with E-state index in [0.29, 0.717) is 6.54 Å². The monoisotopic (exact) mass is 265 g/mol. The molecule has 0 heterocycles. The third kappa shape index (κ3) is 6.25. The highest BCUT2D eigenvalue weighted by atomic mass is 16.5. The first-order valence-corrected chi connectivity index (χ1v) is 6.48. The first-order valence-electron chi connectivity index (χ1n) is 6.48. The van der Waals surface area contributed by atoms with Crippen molar-refractivity contribution < 1.29 is 14.6 Å². The Morgan fingerprint density at radius 3 is 2.79 bits per heavy atom. The maximum absolute atomic E-state index is 10.7. The zero-order chi connectivity index (χ0) is 14.3. The zero-order valence-electron chi connectivity index (χ0n) is 11.9. The van der Waals surface area contributed by atoms with Crippen LogP contribution >= 0.6 is 0 Å². The minimum Gasteiger partial charge on any atom is -0.497 e. The van der Waals surface area contributed by atoms with Crippen molar-refractivity contribution in [3.8, 4) is 5.75 Å². The van der Waals surface area contributed by atoms with Crippen LogP contribution in [0.4, 0.5) is 0 Å². The summed E-state index contributed by atoms with van der Waals surface area (Å²) in [5, 5.41) is 12.1. The maximum Gasteiger partial charge on any atom is 0.303 e. The second kappa shape index (κ2) is 7.14. The van der Waals surface area contributed by atoms with Crippen LogP contribution in [0.5, 0.6) is 5.75 Å². The van der Waals surface area contributed by atoms with Gasteiger partial charge in [-0.15, -0.1) is 0 Å². The lowest BCUT2D eigenvalue weighted by Crippen LogP contribution is -2.32. The van der Waals surface area contributed by atoms with E-state index in [0.717, 1.165) is 18.7 Å². The molecule has 0 radical (unpaired) electrons. The van der Waals surface area contributed by atoms with Gasteiger partial charge in [-0.1, -0.05) is 26.0 Å². The van der Waals surface area contributed by atoms with E-state index in [4.69, 9.17) is 9.84 Å². The third-order valence-electron chi connectivity index (χ3n) is 2.96. The molecule has 0 aliphatic carbocycles. The van der Waals surface area contributed by atoms with Crippen molar-refractivity contribution in [3.05, 3.63) is 29.8 Å². The summed E-state index contributed by atoms with van der Waals surface area (Å²) >= 11 is 0. The second-order valence-electron chi connectivity index (χ2n) is 5.51. The second-order valence-corrected chi connectivity index (χ2v) is 5.51. The number of benzene rings is 1. The van der Waals surface area contributed by atoms with Gasteiger partial charge in [0.25, 0.3) is 0 Å². The van der Waals surface area contributed by atoms with E-state index in [1.54, 1.807) is 7.11 Å². The van der Waals surface area contributed by atoms with Crippen molar-refractivity contribution in [1.82, 2.24) is 5.32 Å². The minimum absolute atomic E-state index is 0.180. The van der Waals surface area contributed by atoms with Gasteiger partial charge in [0.2, 0.25) is 0 Å². The molecule has 0 unspecified atom stereocenters. The Kier molecular flexibility index (Phi) is 5.83. The van der Waals surface area contributed by atoms with Crippen molar-refractivity contribution in [2.24, 2.45) is 5.41 Å². The minimum atomic E-state index is -0.750. The van der Waals surface area contributed by atoms with E-state index in [1.165, 1.54) is 5.56 Å². The molecule has 0 spiro atoms. The molecular weight excluding hydrogens is 242 g/mol. The Balaban J connectivity index is 2.32. The Bertz CT molecular complexity index is 416. The number of hydrogen-bond donors (Lipinski definition) is 2. The molecule has 0 aromatic heterocycles. The van der Waals surface area contributed by atoms with Crippen LogP contribution < -0.4 is 10.1 Å². The van der Waals surface area contributed by atoms with E-state index >= 15 is 0 Å². The lowest BCUT2D eigenvalue weighted by Gasteiger charge is -2.22. The van der Waals surface area contributed by atoms with Gasteiger partial charge in [-0.05, 0) is 36.1 Å². The smallest absolute Gasteiger partial charge is 0.303 e. The molecule has 0 aliphatic rings. The largest absolute Gasteiger partial charge is 0.497 e. The number of carbonyl (C=O) groups is 1. The van der Waals surface area contributed by atoms with Crippen molar-refractivity contribution in [2.45, 2.75) is 26.7 Å². The normalized spacial score (nSPS) is 11.3. The fourth-order valence-electron chi connectivity index (χ4n) is 1.96. The number of hydrogen-bond acceptors (Lipinski definition) is 3. The predicted octanol–water partition coefficient (Wildman–Crippen LogP) is 2.33. The van der Waals surface area contributed by atoms with Crippen LogP contribution in [0, 0.1) is 5.41 Å². The Hall–Kier alpha value is -1.55. The lowest BCUT2D eigenvalue weighted by atomic mass is 9.89. The molecule has 0 amide bonds. The van der Waals surface area contributed by atoms with Crippen LogP contribution in [0.25, 0.3) is 0 Å².